The van der Waals surface area contributed by atoms with Crippen LogP contribution in [-0.2, 0) is 5.41 Å². The normalized spacial score (nSPS) is 13.5. The van der Waals surface area contributed by atoms with E-state index in [-0.39, 0.29) is 5.41 Å². The van der Waals surface area contributed by atoms with Crippen molar-refractivity contribution in [1.82, 2.24) is 4.57 Å². The number of aromatic nitrogens is 1. The van der Waals surface area contributed by atoms with Crippen LogP contribution in [-0.4, -0.2) is 4.57 Å². The topological polar surface area (TPSA) is 8.17 Å². The fourth-order valence-electron chi connectivity index (χ4n) is 8.40. The summed E-state index contributed by atoms with van der Waals surface area (Å²) in [5, 5.41) is 2.46. The molecular formula is C52H42N2. The van der Waals surface area contributed by atoms with Gasteiger partial charge in [0.25, 0.3) is 0 Å². The molecule has 0 radical (unpaired) electrons. The van der Waals surface area contributed by atoms with E-state index in [1.165, 1.54) is 55.2 Å². The summed E-state index contributed by atoms with van der Waals surface area (Å²) in [5.41, 5.74) is 16.8. The first-order chi connectivity index (χ1) is 26.4. The molecule has 0 saturated carbocycles. The van der Waals surface area contributed by atoms with Crippen molar-refractivity contribution in [2.24, 2.45) is 0 Å². The van der Waals surface area contributed by atoms with Gasteiger partial charge in [0.15, 0.2) is 0 Å². The maximum absolute atomic E-state index is 4.27. The molecule has 0 saturated heterocycles. The Morgan fingerprint density at radius 3 is 1.96 bits per heavy atom. The Balaban J connectivity index is 1.14. The zero-order valence-electron chi connectivity index (χ0n) is 31.0. The highest BCUT2D eigenvalue weighted by Gasteiger charge is 2.35. The molecule has 0 bridgehead atoms. The van der Waals surface area contributed by atoms with Gasteiger partial charge in [0.05, 0.1) is 11.0 Å². The average Bonchev–Trinajstić information content (AvgIpc) is 3.67. The number of hydrogen-bond donors (Lipinski definition) is 0. The zero-order valence-corrected chi connectivity index (χ0v) is 31.0. The van der Waals surface area contributed by atoms with Gasteiger partial charge in [-0.3, -0.25) is 0 Å². The van der Waals surface area contributed by atoms with Gasteiger partial charge in [-0.2, -0.15) is 0 Å². The second-order valence-corrected chi connectivity index (χ2v) is 14.7. The minimum absolute atomic E-state index is 0.0966. The second-order valence-electron chi connectivity index (χ2n) is 14.7. The van der Waals surface area contributed by atoms with Crippen LogP contribution in [0.5, 0.6) is 0 Å². The Morgan fingerprint density at radius 1 is 0.556 bits per heavy atom. The molecule has 8 aromatic rings. The summed E-state index contributed by atoms with van der Waals surface area (Å²) in [4.78, 5) is 2.38. The molecule has 0 unspecified atom stereocenters. The molecule has 0 N–H and O–H groups in total. The monoisotopic (exact) mass is 694 g/mol. The van der Waals surface area contributed by atoms with Gasteiger partial charge in [-0.15, -0.1) is 0 Å². The van der Waals surface area contributed by atoms with E-state index in [2.05, 4.69) is 219 Å². The number of anilines is 2. The van der Waals surface area contributed by atoms with Crippen molar-refractivity contribution in [2.75, 3.05) is 4.90 Å². The third-order valence-corrected chi connectivity index (χ3v) is 11.2. The Bertz CT molecular complexity index is 2740. The number of hydrogen-bond acceptors (Lipinski definition) is 1. The van der Waals surface area contributed by atoms with Crippen molar-refractivity contribution < 1.29 is 0 Å². The van der Waals surface area contributed by atoms with Crippen molar-refractivity contribution >= 4 is 38.8 Å². The fourth-order valence-corrected chi connectivity index (χ4v) is 8.40. The van der Waals surface area contributed by atoms with Crippen LogP contribution in [0.2, 0.25) is 0 Å². The molecule has 0 atom stereocenters. The molecular weight excluding hydrogens is 653 g/mol. The highest BCUT2D eigenvalue weighted by atomic mass is 15.1. The Hall–Kier alpha value is -6.64. The highest BCUT2D eigenvalue weighted by Crippen LogP contribution is 2.50. The van der Waals surface area contributed by atoms with E-state index < -0.39 is 0 Å². The van der Waals surface area contributed by atoms with Gasteiger partial charge in [0.1, 0.15) is 0 Å². The van der Waals surface area contributed by atoms with Crippen molar-refractivity contribution in [3.63, 3.8) is 0 Å². The van der Waals surface area contributed by atoms with Crippen LogP contribution >= 0.6 is 0 Å². The summed E-state index contributed by atoms with van der Waals surface area (Å²) in [6.45, 7) is 11.2. The summed E-state index contributed by atoms with van der Waals surface area (Å²) in [6.07, 6.45) is 6.40. The Kier molecular flexibility index (Phi) is 8.24. The molecule has 2 nitrogen and oxygen atoms in total. The van der Waals surface area contributed by atoms with Crippen LogP contribution in [0.15, 0.2) is 200 Å². The van der Waals surface area contributed by atoms with Gasteiger partial charge in [-0.1, -0.05) is 148 Å². The van der Waals surface area contributed by atoms with Crippen LogP contribution in [0.1, 0.15) is 37.5 Å². The lowest BCUT2D eigenvalue weighted by Gasteiger charge is -2.28. The number of nitrogens with zero attached hydrogens (tertiary/aromatic N) is 2. The second kappa shape index (κ2) is 13.4. The zero-order chi connectivity index (χ0) is 36.8. The first kappa shape index (κ1) is 33.2. The number of fused-ring (bicyclic) bond motifs is 6. The fraction of sp³-hybridized carbons (Fsp3) is 0.0769. The van der Waals surface area contributed by atoms with E-state index in [9.17, 15) is 0 Å². The van der Waals surface area contributed by atoms with E-state index >= 15 is 0 Å². The first-order valence-corrected chi connectivity index (χ1v) is 18.7. The number of rotatable bonds is 8. The molecule has 0 amide bonds. The van der Waals surface area contributed by atoms with Crippen molar-refractivity contribution in [3.05, 3.63) is 217 Å². The molecule has 0 spiro atoms. The molecule has 260 valence electrons. The summed E-state index contributed by atoms with van der Waals surface area (Å²) in [7, 11) is 0. The van der Waals surface area contributed by atoms with E-state index in [4.69, 9.17) is 0 Å². The molecule has 7 aromatic carbocycles. The van der Waals surface area contributed by atoms with Crippen LogP contribution in [0.4, 0.5) is 11.4 Å². The molecule has 1 aromatic heterocycles. The van der Waals surface area contributed by atoms with Gasteiger partial charge in [-0.25, -0.2) is 0 Å². The van der Waals surface area contributed by atoms with E-state index in [1.54, 1.807) is 0 Å². The standard InChI is InChI=1S/C52H42N2/c1-5-37(40-28-33-51-47(34-40)46-21-13-15-23-50(46)54(51)41-18-10-7-11-19-41)25-24-36(2)53(42-29-26-39(27-30-42)38-16-8-6-9-17-38)43-31-32-45-44-20-12-14-22-48(44)52(3,4)49(45)35-43/h5-35H,1H2,2-4H3/b36-24+,37-25+. The van der Waals surface area contributed by atoms with Crippen LogP contribution in [0, 0.1) is 0 Å². The molecule has 54 heavy (non-hydrogen) atoms. The summed E-state index contributed by atoms with van der Waals surface area (Å²) in [6, 6.07) is 61.4. The van der Waals surface area contributed by atoms with Crippen LogP contribution in [0.25, 0.3) is 55.3 Å². The minimum atomic E-state index is -0.0966. The lowest BCUT2D eigenvalue weighted by molar-refractivity contribution is 0.660. The molecule has 2 heteroatoms. The SMILES string of the molecule is C=C/C(=C\C=C(/C)N(c1ccc(-c2ccccc2)cc1)c1ccc2c(c1)C(C)(C)c1ccccc1-2)c1ccc2c(c1)c1ccccc1n2-c1ccccc1. The first-order valence-electron chi connectivity index (χ1n) is 18.7. The smallest absolute Gasteiger partial charge is 0.0541 e. The maximum atomic E-state index is 4.27. The highest BCUT2D eigenvalue weighted by molar-refractivity contribution is 6.10. The molecule has 1 heterocycles. The van der Waals surface area contributed by atoms with E-state index in [1.807, 2.05) is 6.08 Å². The van der Waals surface area contributed by atoms with Gasteiger partial charge in [0, 0.05) is 38.9 Å². The number of para-hydroxylation sites is 2. The lowest BCUT2D eigenvalue weighted by Crippen LogP contribution is -2.18. The molecule has 0 aliphatic heterocycles. The Labute approximate surface area is 318 Å². The minimum Gasteiger partial charge on any atom is -0.315 e. The maximum Gasteiger partial charge on any atom is 0.0541 e. The summed E-state index contributed by atoms with van der Waals surface area (Å²) in [5.74, 6) is 0. The third kappa shape index (κ3) is 5.59. The van der Waals surface area contributed by atoms with Crippen molar-refractivity contribution in [1.29, 1.82) is 0 Å². The lowest BCUT2D eigenvalue weighted by atomic mass is 9.82. The van der Waals surface area contributed by atoms with E-state index in [0.29, 0.717) is 0 Å². The summed E-state index contributed by atoms with van der Waals surface area (Å²) < 4.78 is 2.35. The molecule has 9 rings (SSSR count). The number of allylic oxidation sites excluding steroid dienone is 5. The van der Waals surface area contributed by atoms with Gasteiger partial charge >= 0.3 is 0 Å². The molecule has 0 fully saturated rings. The van der Waals surface area contributed by atoms with Gasteiger partial charge in [0.2, 0.25) is 0 Å². The molecule has 1 aliphatic rings. The average molecular weight is 695 g/mol. The van der Waals surface area contributed by atoms with Crippen LogP contribution < -0.4 is 4.90 Å². The van der Waals surface area contributed by atoms with Crippen LogP contribution in [0.3, 0.4) is 0 Å². The van der Waals surface area contributed by atoms with Crippen molar-refractivity contribution in [2.45, 2.75) is 26.2 Å². The Morgan fingerprint density at radius 2 is 1.19 bits per heavy atom. The van der Waals surface area contributed by atoms with Crippen molar-refractivity contribution in [3.8, 4) is 27.9 Å². The summed E-state index contributed by atoms with van der Waals surface area (Å²) >= 11 is 0. The third-order valence-electron chi connectivity index (χ3n) is 11.2. The molecule has 1 aliphatic carbocycles. The predicted molar refractivity (Wildman–Crippen MR) is 231 cm³/mol. The number of benzene rings is 7. The predicted octanol–water partition coefficient (Wildman–Crippen LogP) is 14.1. The van der Waals surface area contributed by atoms with Gasteiger partial charge < -0.3 is 9.47 Å². The quantitative estimate of drug-likeness (QED) is 0.144. The van der Waals surface area contributed by atoms with E-state index in [0.717, 1.165) is 33.9 Å². The largest absolute Gasteiger partial charge is 0.315 e. The van der Waals surface area contributed by atoms with Gasteiger partial charge in [-0.05, 0) is 112 Å².